The van der Waals surface area contributed by atoms with E-state index < -0.39 is 9.84 Å². The second-order valence-electron chi connectivity index (χ2n) is 2.76. The molecule has 15 heavy (non-hydrogen) atoms. The first-order valence-corrected chi connectivity index (χ1v) is 6.39. The number of hydrogen-bond acceptors (Lipinski definition) is 5. The van der Waals surface area contributed by atoms with Crippen LogP contribution in [0.4, 0.5) is 0 Å². The van der Waals surface area contributed by atoms with Crippen molar-refractivity contribution in [1.29, 1.82) is 0 Å². The van der Waals surface area contributed by atoms with Gasteiger partial charge in [0.15, 0.2) is 9.84 Å². The van der Waals surface area contributed by atoms with Crippen LogP contribution in [-0.4, -0.2) is 27.7 Å². The molecular weight excluding hydrogens is 236 g/mol. The molecule has 0 aliphatic heterocycles. The maximum Gasteiger partial charge on any atom is 0.191 e. The van der Waals surface area contributed by atoms with Gasteiger partial charge in [-0.15, -0.1) is 0 Å². The van der Waals surface area contributed by atoms with Crippen LogP contribution in [0.3, 0.4) is 0 Å². The number of methoxy groups -OCH3 is 2. The molecule has 0 heterocycles. The van der Waals surface area contributed by atoms with Crippen LogP contribution in [0.25, 0.3) is 0 Å². The predicted molar refractivity (Wildman–Crippen MR) is 60.6 cm³/mol. The number of rotatable bonds is 4. The van der Waals surface area contributed by atoms with Crippen LogP contribution in [0.5, 0.6) is 11.5 Å². The van der Waals surface area contributed by atoms with Crippen LogP contribution in [0.1, 0.15) is 0 Å². The second kappa shape index (κ2) is 4.76. The molecule has 0 aromatic heterocycles. The van der Waals surface area contributed by atoms with E-state index in [2.05, 4.69) is 12.6 Å². The van der Waals surface area contributed by atoms with Crippen LogP contribution in [-0.2, 0) is 9.84 Å². The van der Waals surface area contributed by atoms with Crippen molar-refractivity contribution >= 4 is 22.5 Å². The van der Waals surface area contributed by atoms with Gasteiger partial charge in [0.1, 0.15) is 16.4 Å². The fourth-order valence-electron chi connectivity index (χ4n) is 1.10. The molecule has 0 N–H and O–H groups in total. The monoisotopic (exact) mass is 248 g/mol. The fourth-order valence-corrected chi connectivity index (χ4v) is 2.38. The Hall–Kier alpha value is -0.880. The Morgan fingerprint density at radius 1 is 1.27 bits per heavy atom. The molecule has 1 aromatic carbocycles. The molecule has 0 radical (unpaired) electrons. The van der Waals surface area contributed by atoms with Crippen molar-refractivity contribution < 1.29 is 17.9 Å². The van der Waals surface area contributed by atoms with Crippen LogP contribution < -0.4 is 9.47 Å². The number of benzene rings is 1. The minimum atomic E-state index is -3.38. The summed E-state index contributed by atoms with van der Waals surface area (Å²) in [7, 11) is -0.472. The zero-order valence-electron chi connectivity index (χ0n) is 8.43. The van der Waals surface area contributed by atoms with Gasteiger partial charge < -0.3 is 9.47 Å². The van der Waals surface area contributed by atoms with Crippen molar-refractivity contribution in [3.63, 3.8) is 0 Å². The quantitative estimate of drug-likeness (QED) is 0.818. The summed E-state index contributed by atoms with van der Waals surface area (Å²) in [6, 6.07) is 4.54. The SMILES string of the molecule is COc1ccc(S(=O)(=O)CS)c(OC)c1. The van der Waals surface area contributed by atoms with Gasteiger partial charge >= 0.3 is 0 Å². The van der Waals surface area contributed by atoms with Gasteiger partial charge in [0, 0.05) is 6.07 Å². The van der Waals surface area contributed by atoms with E-state index in [-0.39, 0.29) is 15.7 Å². The Morgan fingerprint density at radius 3 is 2.40 bits per heavy atom. The first kappa shape index (κ1) is 12.2. The normalized spacial score (nSPS) is 11.1. The highest BCUT2D eigenvalue weighted by Crippen LogP contribution is 2.29. The third-order valence-electron chi connectivity index (χ3n) is 1.88. The standard InChI is InChI=1S/C9H12O4S2/c1-12-7-3-4-9(8(5-7)13-2)15(10,11)6-14/h3-5,14H,6H2,1-2H3. The average molecular weight is 248 g/mol. The van der Waals surface area contributed by atoms with Gasteiger partial charge in [-0.25, -0.2) is 8.42 Å². The van der Waals surface area contributed by atoms with Crippen molar-refractivity contribution in [1.82, 2.24) is 0 Å². The summed E-state index contributed by atoms with van der Waals surface area (Å²) >= 11 is 3.77. The van der Waals surface area contributed by atoms with Crippen molar-refractivity contribution in [2.24, 2.45) is 0 Å². The van der Waals surface area contributed by atoms with E-state index in [4.69, 9.17) is 9.47 Å². The molecule has 1 aromatic rings. The summed E-state index contributed by atoms with van der Waals surface area (Å²) in [4.78, 5) is 0.126. The zero-order valence-corrected chi connectivity index (χ0v) is 10.1. The first-order chi connectivity index (χ1) is 7.05. The van der Waals surface area contributed by atoms with Crippen molar-refractivity contribution in [2.75, 3.05) is 19.3 Å². The van der Waals surface area contributed by atoms with E-state index in [1.54, 1.807) is 6.07 Å². The number of hydrogen-bond donors (Lipinski definition) is 1. The van der Waals surface area contributed by atoms with Crippen LogP contribution in [0.15, 0.2) is 23.1 Å². The lowest BCUT2D eigenvalue weighted by Gasteiger charge is -2.09. The van der Waals surface area contributed by atoms with Crippen molar-refractivity contribution in [3.05, 3.63) is 18.2 Å². The fraction of sp³-hybridized carbons (Fsp3) is 0.333. The van der Waals surface area contributed by atoms with E-state index in [0.29, 0.717) is 5.75 Å². The van der Waals surface area contributed by atoms with Gasteiger partial charge in [-0.1, -0.05) is 0 Å². The van der Waals surface area contributed by atoms with Gasteiger partial charge in [-0.05, 0) is 12.1 Å². The van der Waals surface area contributed by atoms with Gasteiger partial charge in [0.2, 0.25) is 0 Å². The lowest BCUT2D eigenvalue weighted by atomic mass is 10.3. The Balaban J connectivity index is 3.31. The summed E-state index contributed by atoms with van der Waals surface area (Å²) in [5.41, 5.74) is 0. The highest BCUT2D eigenvalue weighted by Gasteiger charge is 2.18. The molecule has 0 saturated carbocycles. The van der Waals surface area contributed by atoms with Crippen LogP contribution in [0, 0.1) is 0 Å². The Labute approximate surface area is 94.5 Å². The molecule has 0 aliphatic rings. The van der Waals surface area contributed by atoms with Crippen LogP contribution in [0.2, 0.25) is 0 Å². The lowest BCUT2D eigenvalue weighted by Crippen LogP contribution is -2.04. The minimum absolute atomic E-state index is 0.126. The largest absolute Gasteiger partial charge is 0.497 e. The number of thiol groups is 1. The molecule has 84 valence electrons. The first-order valence-electron chi connectivity index (χ1n) is 4.11. The third-order valence-corrected chi connectivity index (χ3v) is 4.24. The van der Waals surface area contributed by atoms with Crippen molar-refractivity contribution in [2.45, 2.75) is 4.90 Å². The van der Waals surface area contributed by atoms with Crippen LogP contribution >= 0.6 is 12.6 Å². The van der Waals surface area contributed by atoms with Gasteiger partial charge in [0.05, 0.1) is 19.3 Å². The number of ether oxygens (including phenoxy) is 2. The molecule has 0 atom stereocenters. The molecule has 0 aliphatic carbocycles. The maximum atomic E-state index is 11.6. The molecule has 0 amide bonds. The zero-order chi connectivity index (χ0) is 11.5. The summed E-state index contributed by atoms with van der Waals surface area (Å²) in [5.74, 6) is 0.813. The predicted octanol–water partition coefficient (Wildman–Crippen LogP) is 1.36. The van der Waals surface area contributed by atoms with E-state index >= 15 is 0 Å². The molecule has 4 nitrogen and oxygen atoms in total. The molecule has 0 saturated heterocycles. The average Bonchev–Trinajstić information content (AvgIpc) is 2.28. The molecule has 1 rings (SSSR count). The summed E-state index contributed by atoms with van der Waals surface area (Å²) < 4.78 is 33.1. The van der Waals surface area contributed by atoms with E-state index in [0.717, 1.165) is 0 Å². The second-order valence-corrected chi connectivity index (χ2v) is 5.46. The van der Waals surface area contributed by atoms with Crippen molar-refractivity contribution in [3.8, 4) is 11.5 Å². The number of sulfone groups is 1. The highest BCUT2D eigenvalue weighted by molar-refractivity contribution is 8.03. The van der Waals surface area contributed by atoms with Gasteiger partial charge in [-0.2, -0.15) is 12.6 Å². The Morgan fingerprint density at radius 2 is 1.93 bits per heavy atom. The summed E-state index contributed by atoms with van der Waals surface area (Å²) in [6.45, 7) is 0. The Bertz CT molecular complexity index is 439. The van der Waals surface area contributed by atoms with E-state index in [9.17, 15) is 8.42 Å². The maximum absolute atomic E-state index is 11.6. The van der Waals surface area contributed by atoms with Gasteiger partial charge in [-0.3, -0.25) is 0 Å². The van der Waals surface area contributed by atoms with E-state index in [1.807, 2.05) is 0 Å². The minimum Gasteiger partial charge on any atom is -0.497 e. The topological polar surface area (TPSA) is 52.6 Å². The summed E-state index contributed by atoms with van der Waals surface area (Å²) in [6.07, 6.45) is 0. The van der Waals surface area contributed by atoms with Gasteiger partial charge in [0.25, 0.3) is 0 Å². The molecule has 0 bridgehead atoms. The summed E-state index contributed by atoms with van der Waals surface area (Å²) in [5, 5.41) is -0.254. The molecule has 0 unspecified atom stereocenters. The lowest BCUT2D eigenvalue weighted by molar-refractivity contribution is 0.386. The highest BCUT2D eigenvalue weighted by atomic mass is 32.2. The molecule has 0 spiro atoms. The molecule has 6 heteroatoms. The smallest absolute Gasteiger partial charge is 0.191 e. The third kappa shape index (κ3) is 2.57. The van der Waals surface area contributed by atoms with E-state index in [1.165, 1.54) is 26.4 Å². The Kier molecular flexibility index (Phi) is 3.87. The molecular formula is C9H12O4S2. The molecule has 0 fully saturated rings.